The molecule has 2 rings (SSSR count). The third-order valence-corrected chi connectivity index (χ3v) is 3.83. The predicted octanol–water partition coefficient (Wildman–Crippen LogP) is 2.31. The molecule has 1 aromatic rings. The van der Waals surface area contributed by atoms with Crippen LogP contribution in [0.1, 0.15) is 16.8 Å². The summed E-state index contributed by atoms with van der Waals surface area (Å²) in [6.07, 6.45) is -0.629. The third kappa shape index (κ3) is 3.42. The Balaban J connectivity index is 2.12. The van der Waals surface area contributed by atoms with Gasteiger partial charge in [-0.15, -0.1) is 0 Å². The van der Waals surface area contributed by atoms with Crippen LogP contribution in [0.15, 0.2) is 18.2 Å². The number of carbonyl (C=O) groups excluding carboxylic acids is 1. The van der Waals surface area contributed by atoms with Crippen LogP contribution in [-0.2, 0) is 9.53 Å². The van der Waals surface area contributed by atoms with E-state index in [1.54, 1.807) is 18.2 Å². The van der Waals surface area contributed by atoms with E-state index in [1.807, 2.05) is 0 Å². The molecule has 0 bridgehead atoms. The Bertz CT molecular complexity index is 535. The van der Waals surface area contributed by atoms with Crippen LogP contribution in [0.3, 0.4) is 0 Å². The molecule has 0 saturated carbocycles. The van der Waals surface area contributed by atoms with Gasteiger partial charge >= 0.3 is 5.97 Å². The number of rotatable bonds is 3. The summed E-state index contributed by atoms with van der Waals surface area (Å²) in [6.45, 7) is 0.938. The van der Waals surface area contributed by atoms with Crippen molar-refractivity contribution in [1.29, 1.82) is 0 Å². The van der Waals surface area contributed by atoms with Crippen LogP contribution in [-0.4, -0.2) is 47.7 Å². The summed E-state index contributed by atoms with van der Waals surface area (Å²) >= 11 is 11.9. The van der Waals surface area contributed by atoms with Crippen LogP contribution in [0.4, 0.5) is 0 Å². The van der Waals surface area contributed by atoms with Crippen LogP contribution < -0.4 is 0 Å². The van der Waals surface area contributed by atoms with Crippen molar-refractivity contribution < 1.29 is 19.4 Å². The molecule has 1 aliphatic heterocycles. The smallest absolute Gasteiger partial charge is 0.306 e. The Hall–Kier alpha value is -1.30. The average molecular weight is 318 g/mol. The van der Waals surface area contributed by atoms with E-state index >= 15 is 0 Å². The van der Waals surface area contributed by atoms with Crippen molar-refractivity contribution in [3.05, 3.63) is 33.8 Å². The van der Waals surface area contributed by atoms with Crippen molar-refractivity contribution in [2.24, 2.45) is 0 Å². The number of carboxylic acids is 1. The summed E-state index contributed by atoms with van der Waals surface area (Å²) in [5.41, 5.74) is 0.315. The average Bonchev–Trinajstić information content (AvgIpc) is 2.41. The summed E-state index contributed by atoms with van der Waals surface area (Å²) in [5, 5.41) is 9.29. The van der Waals surface area contributed by atoms with E-state index in [0.29, 0.717) is 23.7 Å². The summed E-state index contributed by atoms with van der Waals surface area (Å²) in [6, 6.07) is 4.85. The zero-order valence-electron chi connectivity index (χ0n) is 10.5. The highest BCUT2D eigenvalue weighted by Crippen LogP contribution is 2.27. The summed E-state index contributed by atoms with van der Waals surface area (Å²) < 4.78 is 5.33. The first-order chi connectivity index (χ1) is 9.49. The molecule has 1 fully saturated rings. The van der Waals surface area contributed by atoms with E-state index in [1.165, 1.54) is 4.90 Å². The van der Waals surface area contributed by atoms with E-state index in [9.17, 15) is 9.59 Å². The Morgan fingerprint density at radius 2 is 2.15 bits per heavy atom. The lowest BCUT2D eigenvalue weighted by atomic mass is 10.1. The fourth-order valence-corrected chi connectivity index (χ4v) is 2.44. The minimum absolute atomic E-state index is 0.132. The molecule has 1 saturated heterocycles. The lowest BCUT2D eigenvalue weighted by Crippen LogP contribution is -2.46. The van der Waals surface area contributed by atoms with Gasteiger partial charge in [-0.05, 0) is 12.1 Å². The molecule has 1 aliphatic rings. The molecule has 0 radical (unpaired) electrons. The number of hydrogen-bond acceptors (Lipinski definition) is 3. The molecule has 0 unspecified atom stereocenters. The van der Waals surface area contributed by atoms with Gasteiger partial charge in [0.15, 0.2) is 0 Å². The fourth-order valence-electron chi connectivity index (χ4n) is 2.06. The highest BCUT2D eigenvalue weighted by molar-refractivity contribution is 6.43. The van der Waals surface area contributed by atoms with Crippen molar-refractivity contribution in [2.45, 2.75) is 12.5 Å². The minimum atomic E-state index is -0.954. The first-order valence-electron chi connectivity index (χ1n) is 6.05. The number of carbonyl (C=O) groups is 2. The van der Waals surface area contributed by atoms with Gasteiger partial charge in [0.05, 0.1) is 34.7 Å². The zero-order valence-corrected chi connectivity index (χ0v) is 12.0. The van der Waals surface area contributed by atoms with Crippen molar-refractivity contribution in [3.8, 4) is 0 Å². The molecule has 5 nitrogen and oxygen atoms in total. The summed E-state index contributed by atoms with van der Waals surface area (Å²) in [4.78, 5) is 24.6. The SMILES string of the molecule is O=C(O)C[C@H]1CN(C(=O)c2cccc(Cl)c2Cl)CCO1. The van der Waals surface area contributed by atoms with Gasteiger partial charge in [0.1, 0.15) is 0 Å². The molecule has 0 aromatic heterocycles. The largest absolute Gasteiger partial charge is 0.481 e. The monoisotopic (exact) mass is 317 g/mol. The van der Waals surface area contributed by atoms with Gasteiger partial charge in [-0.2, -0.15) is 0 Å². The summed E-state index contributed by atoms with van der Waals surface area (Å²) in [5.74, 6) is -1.22. The Labute approximate surface area is 126 Å². The molecule has 108 valence electrons. The van der Waals surface area contributed by atoms with E-state index in [-0.39, 0.29) is 23.9 Å². The number of nitrogens with zero attached hydrogens (tertiary/aromatic N) is 1. The normalized spacial score (nSPS) is 18.9. The van der Waals surface area contributed by atoms with Crippen molar-refractivity contribution in [2.75, 3.05) is 19.7 Å². The van der Waals surface area contributed by atoms with Gasteiger partial charge in [-0.25, -0.2) is 0 Å². The molecule has 1 atom stereocenters. The maximum Gasteiger partial charge on any atom is 0.306 e. The molecule has 0 spiro atoms. The van der Waals surface area contributed by atoms with Gasteiger partial charge in [-0.3, -0.25) is 9.59 Å². The fraction of sp³-hybridized carbons (Fsp3) is 0.385. The predicted molar refractivity (Wildman–Crippen MR) is 74.4 cm³/mol. The van der Waals surface area contributed by atoms with Crippen molar-refractivity contribution in [3.63, 3.8) is 0 Å². The molecule has 1 N–H and O–H groups in total. The van der Waals surface area contributed by atoms with Crippen LogP contribution in [0.2, 0.25) is 10.0 Å². The van der Waals surface area contributed by atoms with Gasteiger partial charge < -0.3 is 14.7 Å². The summed E-state index contributed by atoms with van der Waals surface area (Å²) in [7, 11) is 0. The van der Waals surface area contributed by atoms with Gasteiger partial charge in [0.25, 0.3) is 5.91 Å². The minimum Gasteiger partial charge on any atom is -0.481 e. The van der Waals surface area contributed by atoms with Crippen molar-refractivity contribution >= 4 is 35.1 Å². The number of ether oxygens (including phenoxy) is 1. The van der Waals surface area contributed by atoms with Crippen LogP contribution in [0.5, 0.6) is 0 Å². The van der Waals surface area contributed by atoms with E-state index in [2.05, 4.69) is 0 Å². The molecule has 1 heterocycles. The van der Waals surface area contributed by atoms with E-state index in [4.69, 9.17) is 33.0 Å². The molecular formula is C13H13Cl2NO4. The standard InChI is InChI=1S/C13H13Cl2NO4/c14-10-3-1-2-9(12(10)15)13(19)16-4-5-20-8(7-16)6-11(17)18/h1-3,8H,4-7H2,(H,17,18)/t8-/m0/s1. The number of morpholine rings is 1. The lowest BCUT2D eigenvalue weighted by molar-refractivity contribution is -0.141. The number of hydrogen-bond donors (Lipinski definition) is 1. The Morgan fingerprint density at radius 1 is 1.40 bits per heavy atom. The number of aliphatic carboxylic acids is 1. The molecular weight excluding hydrogens is 305 g/mol. The van der Waals surface area contributed by atoms with Crippen LogP contribution >= 0.6 is 23.2 Å². The quantitative estimate of drug-likeness (QED) is 0.929. The first kappa shape index (κ1) is 15.1. The van der Waals surface area contributed by atoms with Gasteiger partial charge in [-0.1, -0.05) is 29.3 Å². The number of carboxylic acid groups (broad SMARTS) is 1. The topological polar surface area (TPSA) is 66.8 Å². The van der Waals surface area contributed by atoms with Crippen LogP contribution in [0, 0.1) is 0 Å². The molecule has 20 heavy (non-hydrogen) atoms. The third-order valence-electron chi connectivity index (χ3n) is 3.01. The Morgan fingerprint density at radius 3 is 2.85 bits per heavy atom. The Kier molecular flexibility index (Phi) is 4.86. The molecule has 0 aliphatic carbocycles. The second-order valence-electron chi connectivity index (χ2n) is 4.44. The van der Waals surface area contributed by atoms with E-state index < -0.39 is 12.1 Å². The highest BCUT2D eigenvalue weighted by atomic mass is 35.5. The van der Waals surface area contributed by atoms with E-state index in [0.717, 1.165) is 0 Å². The molecule has 1 aromatic carbocycles. The maximum absolute atomic E-state index is 12.4. The first-order valence-corrected chi connectivity index (χ1v) is 6.81. The lowest BCUT2D eigenvalue weighted by Gasteiger charge is -2.32. The molecule has 7 heteroatoms. The maximum atomic E-state index is 12.4. The number of halogens is 2. The van der Waals surface area contributed by atoms with Crippen LogP contribution in [0.25, 0.3) is 0 Å². The number of benzene rings is 1. The van der Waals surface area contributed by atoms with Gasteiger partial charge in [0.2, 0.25) is 0 Å². The molecule has 1 amide bonds. The second-order valence-corrected chi connectivity index (χ2v) is 5.23. The van der Waals surface area contributed by atoms with Gasteiger partial charge in [0, 0.05) is 13.1 Å². The van der Waals surface area contributed by atoms with Crippen molar-refractivity contribution in [1.82, 2.24) is 4.90 Å². The highest BCUT2D eigenvalue weighted by Gasteiger charge is 2.27. The number of amides is 1. The zero-order chi connectivity index (χ0) is 14.7. The second kappa shape index (κ2) is 6.43.